The number of carbonyl (C=O) groups is 1. The number of amides is 1. The number of piperidine rings is 1. The number of piperazine rings is 1. The lowest BCUT2D eigenvalue weighted by atomic mass is 9.88. The lowest BCUT2D eigenvalue weighted by Gasteiger charge is -2.38. The summed E-state index contributed by atoms with van der Waals surface area (Å²) in [5.74, 6) is 1.56. The molecule has 2 saturated heterocycles. The van der Waals surface area contributed by atoms with Gasteiger partial charge in [-0.15, -0.1) is 0 Å². The van der Waals surface area contributed by atoms with Crippen LogP contribution in [-0.2, 0) is 4.79 Å². The van der Waals surface area contributed by atoms with E-state index in [4.69, 9.17) is 0 Å². The maximum Gasteiger partial charge on any atom is 0.236 e. The van der Waals surface area contributed by atoms with Gasteiger partial charge < -0.3 is 4.90 Å². The van der Waals surface area contributed by atoms with Gasteiger partial charge in [-0.05, 0) is 62.7 Å². The average molecular weight is 372 g/mol. The second-order valence-corrected chi connectivity index (χ2v) is 8.88. The Morgan fingerprint density at radius 3 is 2.04 bits per heavy atom. The molecule has 27 heavy (non-hydrogen) atoms. The zero-order chi connectivity index (χ0) is 19.4. The molecule has 0 bridgehead atoms. The van der Waals surface area contributed by atoms with Crippen molar-refractivity contribution in [2.24, 2.45) is 0 Å². The zero-order valence-corrected chi connectivity index (χ0v) is 17.7. The van der Waals surface area contributed by atoms with E-state index in [-0.39, 0.29) is 0 Å². The predicted molar refractivity (Wildman–Crippen MR) is 112 cm³/mol. The van der Waals surface area contributed by atoms with Crippen LogP contribution >= 0.6 is 0 Å². The number of rotatable bonds is 5. The molecule has 1 aromatic carbocycles. The molecule has 2 heterocycles. The highest BCUT2D eigenvalue weighted by Crippen LogP contribution is 2.29. The van der Waals surface area contributed by atoms with Crippen molar-refractivity contribution in [1.82, 2.24) is 14.7 Å². The molecule has 0 atom stereocenters. The second-order valence-electron chi connectivity index (χ2n) is 8.88. The fraction of sp³-hybridized carbons (Fsp3) is 0.696. The molecule has 1 amide bonds. The summed E-state index contributed by atoms with van der Waals surface area (Å²) in [5, 5.41) is 0. The summed E-state index contributed by atoms with van der Waals surface area (Å²) in [6.45, 7) is 15.4. The third-order valence-electron chi connectivity index (χ3n) is 6.42. The summed E-state index contributed by atoms with van der Waals surface area (Å²) in [7, 11) is 0. The smallest absolute Gasteiger partial charge is 0.236 e. The van der Waals surface area contributed by atoms with Gasteiger partial charge in [0.15, 0.2) is 0 Å². The van der Waals surface area contributed by atoms with Crippen molar-refractivity contribution in [3.63, 3.8) is 0 Å². The van der Waals surface area contributed by atoms with E-state index in [2.05, 4.69) is 66.7 Å². The number of hydrogen-bond acceptors (Lipinski definition) is 3. The minimum Gasteiger partial charge on any atom is -0.339 e. The third kappa shape index (κ3) is 5.32. The minimum atomic E-state index is 0.318. The molecule has 2 fully saturated rings. The van der Waals surface area contributed by atoms with Crippen molar-refractivity contribution in [3.05, 3.63) is 35.4 Å². The number of likely N-dealkylation sites (tertiary alicyclic amines) is 1. The van der Waals surface area contributed by atoms with Crippen molar-refractivity contribution >= 4 is 5.91 Å². The van der Waals surface area contributed by atoms with Crippen molar-refractivity contribution in [1.29, 1.82) is 0 Å². The van der Waals surface area contributed by atoms with E-state index in [0.29, 0.717) is 30.3 Å². The van der Waals surface area contributed by atoms with Crippen molar-refractivity contribution in [2.45, 2.75) is 58.4 Å². The molecule has 0 aliphatic carbocycles. The quantitative estimate of drug-likeness (QED) is 0.792. The third-order valence-corrected chi connectivity index (χ3v) is 6.42. The summed E-state index contributed by atoms with van der Waals surface area (Å²) < 4.78 is 0. The first-order chi connectivity index (χ1) is 12.9. The van der Waals surface area contributed by atoms with Gasteiger partial charge in [-0.2, -0.15) is 0 Å². The van der Waals surface area contributed by atoms with Gasteiger partial charge in [-0.25, -0.2) is 0 Å². The molecule has 3 rings (SSSR count). The SMILES string of the molecule is CC(C)c1ccc(C2CCN(CC(=O)N3CCN(C(C)C)CC3)CC2)cc1. The molecule has 1 aromatic rings. The number of hydrogen-bond donors (Lipinski definition) is 0. The van der Waals surface area contributed by atoms with Gasteiger partial charge in [-0.3, -0.25) is 14.6 Å². The summed E-state index contributed by atoms with van der Waals surface area (Å²) in [5.41, 5.74) is 2.88. The fourth-order valence-electron chi connectivity index (χ4n) is 4.36. The first-order valence-corrected chi connectivity index (χ1v) is 10.8. The lowest BCUT2D eigenvalue weighted by molar-refractivity contribution is -0.134. The van der Waals surface area contributed by atoms with E-state index in [1.54, 1.807) is 0 Å². The van der Waals surface area contributed by atoms with E-state index in [9.17, 15) is 4.79 Å². The molecule has 150 valence electrons. The van der Waals surface area contributed by atoms with E-state index < -0.39 is 0 Å². The van der Waals surface area contributed by atoms with Crippen LogP contribution in [0.4, 0.5) is 0 Å². The Hall–Kier alpha value is -1.39. The molecule has 0 spiro atoms. The van der Waals surface area contributed by atoms with Crippen LogP contribution in [-0.4, -0.2) is 72.5 Å². The van der Waals surface area contributed by atoms with Crippen LogP contribution in [0.5, 0.6) is 0 Å². The van der Waals surface area contributed by atoms with Gasteiger partial charge >= 0.3 is 0 Å². The summed E-state index contributed by atoms with van der Waals surface area (Å²) in [4.78, 5) is 19.5. The molecule has 0 N–H and O–H groups in total. The molecule has 0 aromatic heterocycles. The number of carbonyl (C=O) groups excluding carboxylic acids is 1. The highest BCUT2D eigenvalue weighted by atomic mass is 16.2. The topological polar surface area (TPSA) is 26.8 Å². The normalized spacial score (nSPS) is 20.6. The Kier molecular flexibility index (Phi) is 6.93. The molecule has 4 nitrogen and oxygen atoms in total. The van der Waals surface area contributed by atoms with Crippen molar-refractivity contribution in [2.75, 3.05) is 45.8 Å². The first-order valence-electron chi connectivity index (χ1n) is 10.8. The largest absolute Gasteiger partial charge is 0.339 e. The van der Waals surface area contributed by atoms with Gasteiger partial charge in [0.1, 0.15) is 0 Å². The molecule has 0 saturated carbocycles. The minimum absolute atomic E-state index is 0.318. The standard InChI is InChI=1S/C23H37N3O/c1-18(2)20-5-7-21(8-6-20)22-9-11-24(12-10-22)17-23(27)26-15-13-25(14-16-26)19(3)4/h5-8,18-19,22H,9-17H2,1-4H3. The monoisotopic (exact) mass is 371 g/mol. The summed E-state index contributed by atoms with van der Waals surface area (Å²) in [6, 6.07) is 9.78. The Labute approximate surface area is 165 Å². The van der Waals surface area contributed by atoms with Gasteiger partial charge in [0.05, 0.1) is 6.54 Å². The van der Waals surface area contributed by atoms with Crippen LogP contribution in [0.25, 0.3) is 0 Å². The van der Waals surface area contributed by atoms with Gasteiger partial charge in [-0.1, -0.05) is 38.1 Å². The number of benzene rings is 1. The van der Waals surface area contributed by atoms with Crippen LogP contribution in [0, 0.1) is 0 Å². The molecular weight excluding hydrogens is 334 g/mol. The van der Waals surface area contributed by atoms with Crippen LogP contribution in [0.1, 0.15) is 63.5 Å². The Bertz CT molecular complexity index is 595. The average Bonchev–Trinajstić information content (AvgIpc) is 2.68. The van der Waals surface area contributed by atoms with Crippen LogP contribution in [0.15, 0.2) is 24.3 Å². The Morgan fingerprint density at radius 2 is 1.52 bits per heavy atom. The second kappa shape index (κ2) is 9.20. The van der Waals surface area contributed by atoms with E-state index in [0.717, 1.165) is 52.1 Å². The summed E-state index contributed by atoms with van der Waals surface area (Å²) >= 11 is 0. The molecule has 4 heteroatoms. The Balaban J connectivity index is 1.43. The summed E-state index contributed by atoms with van der Waals surface area (Å²) in [6.07, 6.45) is 2.32. The highest BCUT2D eigenvalue weighted by Gasteiger charge is 2.26. The fourth-order valence-corrected chi connectivity index (χ4v) is 4.36. The van der Waals surface area contributed by atoms with E-state index in [1.807, 2.05) is 0 Å². The number of nitrogens with zero attached hydrogens (tertiary/aromatic N) is 3. The van der Waals surface area contributed by atoms with Crippen LogP contribution < -0.4 is 0 Å². The van der Waals surface area contributed by atoms with E-state index in [1.165, 1.54) is 11.1 Å². The maximum absolute atomic E-state index is 12.7. The van der Waals surface area contributed by atoms with Gasteiger partial charge in [0.2, 0.25) is 5.91 Å². The van der Waals surface area contributed by atoms with E-state index >= 15 is 0 Å². The lowest BCUT2D eigenvalue weighted by Crippen LogP contribution is -2.53. The molecule has 2 aliphatic rings. The molecule has 0 unspecified atom stereocenters. The highest BCUT2D eigenvalue weighted by molar-refractivity contribution is 5.78. The van der Waals surface area contributed by atoms with Crippen LogP contribution in [0.3, 0.4) is 0 Å². The first kappa shape index (κ1) is 20.3. The Morgan fingerprint density at radius 1 is 0.926 bits per heavy atom. The van der Waals surface area contributed by atoms with Crippen molar-refractivity contribution < 1.29 is 4.79 Å². The molecule has 2 aliphatic heterocycles. The molecular formula is C23H37N3O. The maximum atomic E-state index is 12.7. The molecule has 0 radical (unpaired) electrons. The van der Waals surface area contributed by atoms with Crippen LogP contribution in [0.2, 0.25) is 0 Å². The zero-order valence-electron chi connectivity index (χ0n) is 17.7. The van der Waals surface area contributed by atoms with Gasteiger partial charge in [0.25, 0.3) is 0 Å². The predicted octanol–water partition coefficient (Wildman–Crippen LogP) is 3.54. The van der Waals surface area contributed by atoms with Gasteiger partial charge in [0, 0.05) is 32.2 Å². The van der Waals surface area contributed by atoms with Crippen molar-refractivity contribution in [3.8, 4) is 0 Å².